The van der Waals surface area contributed by atoms with Crippen molar-refractivity contribution in [3.63, 3.8) is 0 Å². The summed E-state index contributed by atoms with van der Waals surface area (Å²) in [5.74, 6) is 0.764. The molecule has 28 heavy (non-hydrogen) atoms. The third-order valence-corrected chi connectivity index (χ3v) is 8.53. The molecule has 1 aliphatic heterocycles. The first kappa shape index (κ1) is 18.6. The SMILES string of the molecule is CC[C@]12CC3CC(C(=O)N[C@@H]4CCNC[C@@H]4F)(C1)C[C@@](c1ccccc1)(C3)C2. The molecule has 2 unspecified atom stereocenters. The van der Waals surface area contributed by atoms with Crippen molar-refractivity contribution in [3.8, 4) is 0 Å². The minimum atomic E-state index is -0.977. The molecular weight excluding hydrogens is 351 g/mol. The Morgan fingerprint density at radius 1 is 1.18 bits per heavy atom. The lowest BCUT2D eigenvalue weighted by Crippen LogP contribution is -2.64. The number of carbonyl (C=O) groups is 1. The van der Waals surface area contributed by atoms with Crippen molar-refractivity contribution in [2.75, 3.05) is 13.1 Å². The number of amides is 1. The number of nitrogens with one attached hydrogen (secondary N) is 2. The Kier molecular flexibility index (Phi) is 4.35. The van der Waals surface area contributed by atoms with Gasteiger partial charge in [-0.2, -0.15) is 0 Å². The van der Waals surface area contributed by atoms with E-state index in [1.807, 2.05) is 0 Å². The van der Waals surface area contributed by atoms with E-state index >= 15 is 0 Å². The second-order valence-electron chi connectivity index (χ2n) is 10.4. The van der Waals surface area contributed by atoms with Gasteiger partial charge in [-0.3, -0.25) is 4.79 Å². The van der Waals surface area contributed by atoms with E-state index in [0.29, 0.717) is 18.9 Å². The summed E-state index contributed by atoms with van der Waals surface area (Å²) < 4.78 is 14.4. The van der Waals surface area contributed by atoms with Crippen LogP contribution in [0.25, 0.3) is 0 Å². The predicted molar refractivity (Wildman–Crippen MR) is 109 cm³/mol. The molecular formula is C24H33FN2O. The van der Waals surface area contributed by atoms with Crippen molar-refractivity contribution in [1.29, 1.82) is 0 Å². The van der Waals surface area contributed by atoms with Crippen LogP contribution < -0.4 is 10.6 Å². The molecule has 4 aliphatic carbocycles. The van der Waals surface area contributed by atoms with Crippen LogP contribution in [0.3, 0.4) is 0 Å². The van der Waals surface area contributed by atoms with Gasteiger partial charge in [-0.1, -0.05) is 43.7 Å². The fraction of sp³-hybridized carbons (Fsp3) is 0.708. The van der Waals surface area contributed by atoms with Crippen LogP contribution in [0.2, 0.25) is 0 Å². The number of alkyl halides is 1. The summed E-state index contributed by atoms with van der Waals surface area (Å²) in [5.41, 5.74) is 1.50. The van der Waals surface area contributed by atoms with E-state index in [1.54, 1.807) is 0 Å². The lowest BCUT2D eigenvalue weighted by molar-refractivity contribution is -0.164. The minimum absolute atomic E-state index is 0.122. The molecule has 5 fully saturated rings. The fourth-order valence-electron chi connectivity index (χ4n) is 7.70. The molecule has 5 aliphatic rings. The predicted octanol–water partition coefficient (Wildman–Crippen LogP) is 4.12. The van der Waals surface area contributed by atoms with Gasteiger partial charge in [-0.25, -0.2) is 4.39 Å². The van der Waals surface area contributed by atoms with Crippen LogP contribution in [0.15, 0.2) is 30.3 Å². The zero-order valence-corrected chi connectivity index (χ0v) is 17.0. The monoisotopic (exact) mass is 384 g/mol. The molecule has 4 heteroatoms. The Bertz CT molecular complexity index is 754. The molecule has 0 spiro atoms. The van der Waals surface area contributed by atoms with Gasteiger partial charge in [0.1, 0.15) is 6.17 Å². The van der Waals surface area contributed by atoms with E-state index in [9.17, 15) is 9.18 Å². The standard InChI is InChI=1S/C24H33FN2O/c1-2-22-10-17-11-23(14-22,18-6-4-3-5-7-18)16-24(12-17,15-22)21(28)27-20-8-9-26-13-19(20)25/h3-7,17,19-20,26H,2,8-16H2,1H3,(H,27,28)/t17?,19-,20+,22+,23+,24?/m0/s1. The molecule has 0 aromatic heterocycles. The van der Waals surface area contributed by atoms with E-state index < -0.39 is 6.17 Å². The van der Waals surface area contributed by atoms with Gasteiger partial charge in [0.2, 0.25) is 5.91 Å². The molecule has 1 amide bonds. The normalized spacial score (nSPS) is 44.4. The number of hydrogen-bond donors (Lipinski definition) is 2. The quantitative estimate of drug-likeness (QED) is 0.820. The number of rotatable bonds is 4. The molecule has 1 saturated heterocycles. The molecule has 1 heterocycles. The number of piperidine rings is 1. The lowest BCUT2D eigenvalue weighted by atomic mass is 9.38. The number of carbonyl (C=O) groups excluding carboxylic acids is 1. The Balaban J connectivity index is 1.48. The van der Waals surface area contributed by atoms with Gasteiger partial charge >= 0.3 is 0 Å². The van der Waals surface area contributed by atoms with Crippen molar-refractivity contribution < 1.29 is 9.18 Å². The van der Waals surface area contributed by atoms with E-state index in [4.69, 9.17) is 0 Å². The van der Waals surface area contributed by atoms with Crippen LogP contribution in [0.4, 0.5) is 4.39 Å². The minimum Gasteiger partial charge on any atom is -0.350 e. The number of benzene rings is 1. The smallest absolute Gasteiger partial charge is 0.226 e. The first-order valence-corrected chi connectivity index (χ1v) is 11.2. The van der Waals surface area contributed by atoms with Gasteiger partial charge in [-0.15, -0.1) is 0 Å². The van der Waals surface area contributed by atoms with Crippen LogP contribution in [0.5, 0.6) is 0 Å². The van der Waals surface area contributed by atoms with Crippen molar-refractivity contribution >= 4 is 5.91 Å². The first-order valence-electron chi connectivity index (χ1n) is 11.2. The van der Waals surface area contributed by atoms with Crippen LogP contribution in [0.1, 0.15) is 63.9 Å². The highest BCUT2D eigenvalue weighted by molar-refractivity contribution is 5.84. The largest absolute Gasteiger partial charge is 0.350 e. The molecule has 4 bridgehead atoms. The summed E-state index contributed by atoms with van der Waals surface area (Å²) in [5, 5.41) is 6.27. The van der Waals surface area contributed by atoms with Gasteiger partial charge in [-0.05, 0) is 73.8 Å². The van der Waals surface area contributed by atoms with E-state index in [-0.39, 0.29) is 28.2 Å². The first-order chi connectivity index (χ1) is 13.5. The number of hydrogen-bond acceptors (Lipinski definition) is 2. The second-order valence-corrected chi connectivity index (χ2v) is 10.4. The Labute approximate surface area is 167 Å². The summed E-state index contributed by atoms with van der Waals surface area (Å²) >= 11 is 0. The number of halogens is 1. The van der Waals surface area contributed by atoms with E-state index in [0.717, 1.165) is 32.2 Å². The maximum Gasteiger partial charge on any atom is 0.226 e. The van der Waals surface area contributed by atoms with Gasteiger partial charge in [0.15, 0.2) is 0 Å². The lowest BCUT2D eigenvalue weighted by Gasteiger charge is -2.66. The molecule has 6 atom stereocenters. The molecule has 2 N–H and O–H groups in total. The molecule has 0 radical (unpaired) electrons. The molecule has 4 saturated carbocycles. The second kappa shape index (κ2) is 6.55. The Hall–Kier alpha value is -1.42. The van der Waals surface area contributed by atoms with Crippen molar-refractivity contribution in [3.05, 3.63) is 35.9 Å². The third kappa shape index (κ3) is 2.82. The summed E-state index contributed by atoms with van der Waals surface area (Å²) in [6, 6.07) is 10.6. The van der Waals surface area contributed by atoms with Gasteiger partial charge in [0.05, 0.1) is 11.5 Å². The van der Waals surface area contributed by atoms with Crippen molar-refractivity contribution in [1.82, 2.24) is 10.6 Å². The molecule has 3 nitrogen and oxygen atoms in total. The average Bonchev–Trinajstić information content (AvgIpc) is 2.69. The molecule has 152 valence electrons. The Morgan fingerprint density at radius 3 is 2.75 bits per heavy atom. The Morgan fingerprint density at radius 2 is 2.00 bits per heavy atom. The van der Waals surface area contributed by atoms with Crippen molar-refractivity contribution in [2.24, 2.45) is 16.7 Å². The van der Waals surface area contributed by atoms with Crippen LogP contribution in [0, 0.1) is 16.7 Å². The highest BCUT2D eigenvalue weighted by atomic mass is 19.1. The molecule has 6 rings (SSSR count). The average molecular weight is 385 g/mol. The van der Waals surface area contributed by atoms with Gasteiger partial charge in [0, 0.05) is 6.54 Å². The zero-order valence-electron chi connectivity index (χ0n) is 17.0. The third-order valence-electron chi connectivity index (χ3n) is 8.53. The summed E-state index contributed by atoms with van der Waals surface area (Å²) in [6.45, 7) is 3.45. The highest BCUT2D eigenvalue weighted by Crippen LogP contribution is 2.71. The topological polar surface area (TPSA) is 41.1 Å². The summed E-state index contributed by atoms with van der Waals surface area (Å²) in [6.07, 6.45) is 7.49. The van der Waals surface area contributed by atoms with Crippen LogP contribution in [-0.4, -0.2) is 31.2 Å². The van der Waals surface area contributed by atoms with Gasteiger partial charge in [0.25, 0.3) is 0 Å². The highest BCUT2D eigenvalue weighted by Gasteiger charge is 2.65. The van der Waals surface area contributed by atoms with Crippen LogP contribution in [-0.2, 0) is 10.2 Å². The zero-order chi connectivity index (χ0) is 19.4. The van der Waals surface area contributed by atoms with E-state index in [1.165, 1.54) is 24.8 Å². The maximum atomic E-state index is 14.4. The summed E-state index contributed by atoms with van der Waals surface area (Å²) in [4.78, 5) is 13.6. The molecule has 1 aromatic rings. The van der Waals surface area contributed by atoms with Crippen molar-refractivity contribution in [2.45, 2.75) is 75.9 Å². The van der Waals surface area contributed by atoms with Crippen LogP contribution >= 0.6 is 0 Å². The molecule has 1 aromatic carbocycles. The maximum absolute atomic E-state index is 14.4. The van der Waals surface area contributed by atoms with E-state index in [2.05, 4.69) is 47.9 Å². The van der Waals surface area contributed by atoms with Gasteiger partial charge < -0.3 is 10.6 Å². The fourth-order valence-corrected chi connectivity index (χ4v) is 7.70. The summed E-state index contributed by atoms with van der Waals surface area (Å²) in [7, 11) is 0.